The number of carbonyl (C=O) groups is 5. The summed E-state index contributed by atoms with van der Waals surface area (Å²) in [4.78, 5) is 69.9. The van der Waals surface area contributed by atoms with Crippen molar-refractivity contribution in [2.24, 2.45) is 0 Å². The maximum Gasteiger partial charge on any atom is 0.327 e. The topological polar surface area (TPSA) is 156 Å². The van der Waals surface area contributed by atoms with Crippen LogP contribution in [-0.2, 0) is 20.8 Å². The first-order chi connectivity index (χ1) is 16.7. The van der Waals surface area contributed by atoms with Crippen molar-refractivity contribution in [2.45, 2.75) is 26.3 Å². The zero-order valence-corrected chi connectivity index (χ0v) is 18.8. The molecule has 0 aliphatic rings. The largest absolute Gasteiger partial charge is 0.480 e. The average molecular weight is 479 g/mol. The number of esters is 2. The van der Waals surface area contributed by atoms with Gasteiger partial charge in [-0.15, -0.1) is 0 Å². The molecule has 11 nitrogen and oxygen atoms in total. The highest BCUT2D eigenvalue weighted by atomic mass is 16.5. The summed E-state index contributed by atoms with van der Waals surface area (Å²) in [5, 5.41) is 10.0. The van der Waals surface area contributed by atoms with Crippen LogP contribution in [0, 0.1) is 0 Å². The number of hydrogen-bond acceptors (Lipinski definition) is 8. The Labute approximate surface area is 199 Å². The number of rotatable bonds is 8. The van der Waals surface area contributed by atoms with Gasteiger partial charge in [0.05, 0.1) is 17.5 Å². The van der Waals surface area contributed by atoms with Crippen molar-refractivity contribution in [1.29, 1.82) is 0 Å². The van der Waals surface area contributed by atoms with Crippen LogP contribution in [0.15, 0.2) is 61.1 Å². The second kappa shape index (κ2) is 10.9. The number of H-pyrrole nitrogens is 1. The molecule has 1 heterocycles. The number of imidazole rings is 1. The van der Waals surface area contributed by atoms with Crippen molar-refractivity contribution in [3.63, 3.8) is 0 Å². The molecule has 1 atom stereocenters. The van der Waals surface area contributed by atoms with Gasteiger partial charge < -0.3 is 19.6 Å². The van der Waals surface area contributed by atoms with Gasteiger partial charge in [-0.3, -0.25) is 24.1 Å². The summed E-state index contributed by atoms with van der Waals surface area (Å²) in [6.45, 7) is 2.27. The summed E-state index contributed by atoms with van der Waals surface area (Å²) in [6.07, 6.45) is 2.40. The molecule has 0 aliphatic carbocycles. The highest BCUT2D eigenvalue weighted by molar-refractivity contribution is 6.14. The van der Waals surface area contributed by atoms with E-state index >= 15 is 0 Å². The number of ether oxygens (including phenoxy) is 2. The fourth-order valence-electron chi connectivity index (χ4n) is 3.30. The summed E-state index contributed by atoms with van der Waals surface area (Å²) in [6, 6.07) is 9.56. The van der Waals surface area contributed by atoms with E-state index in [1.54, 1.807) is 0 Å². The van der Waals surface area contributed by atoms with Crippen molar-refractivity contribution < 1.29 is 38.6 Å². The summed E-state index contributed by atoms with van der Waals surface area (Å²) in [5.74, 6) is -5.27. The summed E-state index contributed by atoms with van der Waals surface area (Å²) in [7, 11) is 0. The Kier molecular flexibility index (Phi) is 7.72. The van der Waals surface area contributed by atoms with E-state index in [9.17, 15) is 29.1 Å². The van der Waals surface area contributed by atoms with E-state index in [0.29, 0.717) is 10.6 Å². The second-order valence-electron chi connectivity index (χ2n) is 7.29. The second-order valence-corrected chi connectivity index (χ2v) is 7.29. The molecule has 0 saturated heterocycles. The van der Waals surface area contributed by atoms with Crippen molar-refractivity contribution in [3.8, 4) is 11.5 Å². The van der Waals surface area contributed by atoms with E-state index in [1.165, 1.54) is 61.1 Å². The molecule has 0 fully saturated rings. The van der Waals surface area contributed by atoms with Crippen LogP contribution in [0.25, 0.3) is 0 Å². The number of aliphatic carboxylic acids is 1. The lowest BCUT2D eigenvalue weighted by molar-refractivity contribution is -0.141. The maximum atomic E-state index is 13.7. The number of imide groups is 1. The molecule has 0 radical (unpaired) electrons. The van der Waals surface area contributed by atoms with E-state index in [1.807, 2.05) is 0 Å². The highest BCUT2D eigenvalue weighted by Crippen LogP contribution is 2.27. The Morgan fingerprint density at radius 2 is 1.37 bits per heavy atom. The normalized spacial score (nSPS) is 11.3. The quantitative estimate of drug-likeness (QED) is 0.281. The Morgan fingerprint density at radius 1 is 0.886 bits per heavy atom. The molecule has 1 unspecified atom stereocenters. The summed E-state index contributed by atoms with van der Waals surface area (Å²) >= 11 is 0. The van der Waals surface area contributed by atoms with Gasteiger partial charge in [-0.25, -0.2) is 9.78 Å². The number of nitrogens with zero attached hydrogens (tertiary/aromatic N) is 2. The van der Waals surface area contributed by atoms with Gasteiger partial charge >= 0.3 is 17.9 Å². The number of benzene rings is 2. The molecule has 2 N–H and O–H groups in total. The van der Waals surface area contributed by atoms with Crippen LogP contribution in [0.4, 0.5) is 0 Å². The molecule has 1 aromatic heterocycles. The van der Waals surface area contributed by atoms with Gasteiger partial charge in [-0.2, -0.15) is 0 Å². The van der Waals surface area contributed by atoms with Gasteiger partial charge in [0.25, 0.3) is 11.8 Å². The van der Waals surface area contributed by atoms with Crippen molar-refractivity contribution >= 4 is 29.7 Å². The van der Waals surface area contributed by atoms with E-state index in [4.69, 9.17) is 9.47 Å². The van der Waals surface area contributed by atoms with Crippen LogP contribution in [0.3, 0.4) is 0 Å². The lowest BCUT2D eigenvalue weighted by Crippen LogP contribution is -2.50. The van der Waals surface area contributed by atoms with Crippen LogP contribution >= 0.6 is 0 Å². The van der Waals surface area contributed by atoms with Crippen LogP contribution < -0.4 is 9.47 Å². The van der Waals surface area contributed by atoms with E-state index in [-0.39, 0.29) is 29.0 Å². The molecule has 11 heteroatoms. The fraction of sp³-hybridized carbons (Fsp3) is 0.167. The summed E-state index contributed by atoms with van der Waals surface area (Å²) < 4.78 is 10.2. The molecule has 180 valence electrons. The molecule has 2 amide bonds. The fourth-order valence-corrected chi connectivity index (χ4v) is 3.30. The van der Waals surface area contributed by atoms with Gasteiger partial charge in [0.1, 0.15) is 17.5 Å². The minimum atomic E-state index is -1.69. The Bertz CT molecular complexity index is 1200. The first-order valence-corrected chi connectivity index (χ1v) is 10.3. The number of nitrogens with one attached hydrogen (secondary N) is 1. The predicted molar refractivity (Wildman–Crippen MR) is 120 cm³/mol. The molecule has 3 rings (SSSR count). The predicted octanol–water partition coefficient (Wildman–Crippen LogP) is 2.24. The average Bonchev–Trinajstić information content (AvgIpc) is 3.31. The van der Waals surface area contributed by atoms with Gasteiger partial charge in [0.2, 0.25) is 0 Å². The third kappa shape index (κ3) is 5.96. The molecule has 0 saturated carbocycles. The van der Waals surface area contributed by atoms with Crippen LogP contribution in [0.5, 0.6) is 11.5 Å². The monoisotopic (exact) mass is 479 g/mol. The maximum absolute atomic E-state index is 13.7. The van der Waals surface area contributed by atoms with Gasteiger partial charge in [-0.05, 0) is 24.3 Å². The molecule has 2 aromatic carbocycles. The molecule has 3 aromatic rings. The van der Waals surface area contributed by atoms with Crippen molar-refractivity contribution in [3.05, 3.63) is 77.9 Å². The number of aromatic amines is 1. The van der Waals surface area contributed by atoms with Gasteiger partial charge in [0, 0.05) is 32.2 Å². The lowest BCUT2D eigenvalue weighted by atomic mass is 10.0. The van der Waals surface area contributed by atoms with E-state index in [2.05, 4.69) is 9.97 Å². The zero-order valence-electron chi connectivity index (χ0n) is 18.8. The molecule has 0 aliphatic heterocycles. The molecular weight excluding hydrogens is 458 g/mol. The Hall–Kier alpha value is -4.80. The smallest absolute Gasteiger partial charge is 0.327 e. The number of hydrogen-bond donors (Lipinski definition) is 2. The third-order valence-electron chi connectivity index (χ3n) is 4.74. The number of carboxylic acid groups (broad SMARTS) is 1. The number of amides is 2. The number of carboxylic acids is 1. The standard InChI is InChI=1S/C24H21N3O8/c1-14(28)34-20-9-5-3-7-17(20)22(30)27(19(24(32)33)11-16-12-25-13-26-16)23(31)18-8-4-6-10-21(18)35-15(2)29/h3-10,12-13,19H,11H2,1-2H3,(H,25,26)(H,32,33). The highest BCUT2D eigenvalue weighted by Gasteiger charge is 2.38. The van der Waals surface area contributed by atoms with Crippen LogP contribution in [0.2, 0.25) is 0 Å². The van der Waals surface area contributed by atoms with Gasteiger partial charge in [0.15, 0.2) is 0 Å². The first-order valence-electron chi connectivity index (χ1n) is 10.3. The third-order valence-corrected chi connectivity index (χ3v) is 4.74. The number of aromatic nitrogens is 2. The molecule has 0 spiro atoms. The molecule has 35 heavy (non-hydrogen) atoms. The zero-order chi connectivity index (χ0) is 25.5. The Morgan fingerprint density at radius 3 is 1.77 bits per heavy atom. The van der Waals surface area contributed by atoms with Gasteiger partial charge in [-0.1, -0.05) is 24.3 Å². The summed E-state index contributed by atoms with van der Waals surface area (Å²) in [5.41, 5.74) is -0.0710. The van der Waals surface area contributed by atoms with Crippen LogP contribution in [0.1, 0.15) is 40.3 Å². The number of para-hydroxylation sites is 2. The van der Waals surface area contributed by atoms with Crippen LogP contribution in [-0.4, -0.2) is 55.7 Å². The SMILES string of the molecule is CC(=O)Oc1ccccc1C(=O)N(C(=O)c1ccccc1OC(C)=O)C(Cc1cnc[nH]1)C(=O)O. The van der Waals surface area contributed by atoms with E-state index in [0.717, 1.165) is 13.8 Å². The van der Waals surface area contributed by atoms with Crippen molar-refractivity contribution in [2.75, 3.05) is 0 Å². The van der Waals surface area contributed by atoms with Crippen molar-refractivity contribution in [1.82, 2.24) is 14.9 Å². The first kappa shape index (κ1) is 24.8. The van der Waals surface area contributed by atoms with E-state index < -0.39 is 35.8 Å². The molecular formula is C24H21N3O8. The molecule has 0 bridgehead atoms. The minimum Gasteiger partial charge on any atom is -0.480 e. The minimum absolute atomic E-state index is 0.151. The lowest BCUT2D eigenvalue weighted by Gasteiger charge is -2.28. The number of carbonyl (C=O) groups excluding carboxylic acids is 4. The Balaban J connectivity index is 2.15.